The van der Waals surface area contributed by atoms with Crippen LogP contribution >= 0.6 is 0 Å². The minimum absolute atomic E-state index is 0.141. The van der Waals surface area contributed by atoms with Crippen LogP contribution in [0.1, 0.15) is 28.8 Å². The molecule has 1 aliphatic heterocycles. The van der Waals surface area contributed by atoms with Crippen molar-refractivity contribution in [3.05, 3.63) is 88.2 Å². The van der Waals surface area contributed by atoms with Crippen LogP contribution in [0.4, 0.5) is 11.6 Å². The maximum absolute atomic E-state index is 13.6. The predicted molar refractivity (Wildman–Crippen MR) is 134 cm³/mol. The zero-order chi connectivity index (χ0) is 23.7. The number of carbonyl (C=O) groups is 1. The molecule has 7 nitrogen and oxygen atoms in total. The summed E-state index contributed by atoms with van der Waals surface area (Å²) >= 11 is 0. The molecule has 1 aliphatic rings. The van der Waals surface area contributed by atoms with Gasteiger partial charge in [-0.3, -0.25) is 9.59 Å². The number of methoxy groups -OCH3 is 1. The number of aryl methyl sites for hydroxylation is 1. The van der Waals surface area contributed by atoms with E-state index in [-0.39, 0.29) is 11.5 Å². The maximum atomic E-state index is 13.6. The van der Waals surface area contributed by atoms with Crippen molar-refractivity contribution in [3.63, 3.8) is 0 Å². The smallest absolute Gasteiger partial charge is 0.267 e. The van der Waals surface area contributed by atoms with Gasteiger partial charge in [-0.05, 0) is 67.8 Å². The SMILES string of the molecule is COc1cccc(NC(=O)c2ccc3c(=O)n(-c4cccc(C)c4)c(N4CCCC4)nc3c2)c1. The van der Waals surface area contributed by atoms with E-state index in [0.29, 0.717) is 33.9 Å². The summed E-state index contributed by atoms with van der Waals surface area (Å²) < 4.78 is 6.92. The number of carbonyl (C=O) groups excluding carboxylic acids is 1. The fourth-order valence-corrected chi connectivity index (χ4v) is 4.35. The fourth-order valence-electron chi connectivity index (χ4n) is 4.35. The van der Waals surface area contributed by atoms with Crippen molar-refractivity contribution in [1.29, 1.82) is 0 Å². The Labute approximate surface area is 197 Å². The van der Waals surface area contributed by atoms with Crippen molar-refractivity contribution in [2.75, 3.05) is 30.4 Å². The van der Waals surface area contributed by atoms with Crippen molar-refractivity contribution in [2.24, 2.45) is 0 Å². The number of nitrogens with one attached hydrogen (secondary N) is 1. The lowest BCUT2D eigenvalue weighted by atomic mass is 10.1. The second-order valence-corrected chi connectivity index (χ2v) is 8.50. The van der Waals surface area contributed by atoms with Crippen molar-refractivity contribution < 1.29 is 9.53 Å². The molecule has 4 aromatic rings. The van der Waals surface area contributed by atoms with E-state index < -0.39 is 0 Å². The van der Waals surface area contributed by atoms with Crippen molar-refractivity contribution in [3.8, 4) is 11.4 Å². The van der Waals surface area contributed by atoms with E-state index in [1.165, 1.54) is 0 Å². The fraction of sp³-hybridized carbons (Fsp3) is 0.222. The molecule has 5 rings (SSSR count). The molecule has 0 atom stereocenters. The number of hydrogen-bond acceptors (Lipinski definition) is 5. The monoisotopic (exact) mass is 454 g/mol. The third-order valence-corrected chi connectivity index (χ3v) is 6.09. The number of fused-ring (bicyclic) bond motifs is 1. The lowest BCUT2D eigenvalue weighted by Crippen LogP contribution is -2.30. The molecule has 0 bridgehead atoms. The van der Waals surface area contributed by atoms with Gasteiger partial charge in [-0.25, -0.2) is 9.55 Å². The summed E-state index contributed by atoms with van der Waals surface area (Å²) in [4.78, 5) is 33.6. The summed E-state index contributed by atoms with van der Waals surface area (Å²) in [6.45, 7) is 3.70. The summed E-state index contributed by atoms with van der Waals surface area (Å²) in [6, 6.07) is 20.1. The number of hydrogen-bond donors (Lipinski definition) is 1. The standard InChI is InChI=1S/C27H26N4O3/c1-18-7-5-9-21(15-18)31-26(33)23-12-11-19(16-24(23)29-27(31)30-13-3-4-14-30)25(32)28-20-8-6-10-22(17-20)34-2/h5-12,15-17H,3-4,13-14H2,1-2H3,(H,28,32). The first kappa shape index (κ1) is 21.7. The molecule has 0 saturated carbocycles. The normalized spacial score (nSPS) is 13.3. The van der Waals surface area contributed by atoms with Gasteiger partial charge < -0.3 is 15.0 Å². The molecule has 7 heteroatoms. The van der Waals surface area contributed by atoms with E-state index in [4.69, 9.17) is 9.72 Å². The van der Waals surface area contributed by atoms with Gasteiger partial charge >= 0.3 is 0 Å². The Kier molecular flexibility index (Phi) is 5.76. The Morgan fingerprint density at radius 1 is 1.00 bits per heavy atom. The number of benzene rings is 3. The molecule has 1 fully saturated rings. The van der Waals surface area contributed by atoms with Gasteiger partial charge in [0.05, 0.1) is 23.7 Å². The third kappa shape index (κ3) is 4.12. The molecule has 0 aliphatic carbocycles. The van der Waals surface area contributed by atoms with Gasteiger partial charge in [-0.1, -0.05) is 18.2 Å². The average Bonchev–Trinajstić information content (AvgIpc) is 3.38. The van der Waals surface area contributed by atoms with Crippen LogP contribution in [0, 0.1) is 6.92 Å². The second-order valence-electron chi connectivity index (χ2n) is 8.50. The van der Waals surface area contributed by atoms with Crippen LogP contribution in [0.3, 0.4) is 0 Å². The summed E-state index contributed by atoms with van der Waals surface area (Å²) in [5.74, 6) is 0.999. The average molecular weight is 455 g/mol. The van der Waals surface area contributed by atoms with Gasteiger partial charge in [0.2, 0.25) is 5.95 Å². The molecule has 1 N–H and O–H groups in total. The van der Waals surface area contributed by atoms with Crippen LogP contribution in [0.25, 0.3) is 16.6 Å². The molecule has 0 unspecified atom stereocenters. The maximum Gasteiger partial charge on any atom is 0.267 e. The first-order valence-electron chi connectivity index (χ1n) is 11.4. The van der Waals surface area contributed by atoms with E-state index in [1.807, 2.05) is 43.3 Å². The van der Waals surface area contributed by atoms with Crippen LogP contribution in [0.15, 0.2) is 71.5 Å². The first-order chi connectivity index (χ1) is 16.5. The third-order valence-electron chi connectivity index (χ3n) is 6.09. The van der Waals surface area contributed by atoms with E-state index in [9.17, 15) is 9.59 Å². The number of aromatic nitrogens is 2. The molecule has 2 heterocycles. The highest BCUT2D eigenvalue weighted by Crippen LogP contribution is 2.24. The van der Waals surface area contributed by atoms with Gasteiger partial charge in [0.1, 0.15) is 5.75 Å². The van der Waals surface area contributed by atoms with Crippen molar-refractivity contribution in [2.45, 2.75) is 19.8 Å². The highest BCUT2D eigenvalue weighted by molar-refractivity contribution is 6.06. The largest absolute Gasteiger partial charge is 0.497 e. The molecule has 0 radical (unpaired) electrons. The number of ether oxygens (including phenoxy) is 1. The summed E-state index contributed by atoms with van der Waals surface area (Å²) in [7, 11) is 1.58. The molecule has 3 aromatic carbocycles. The molecule has 1 amide bonds. The van der Waals surface area contributed by atoms with Crippen molar-refractivity contribution in [1.82, 2.24) is 9.55 Å². The van der Waals surface area contributed by atoms with Gasteiger partial charge in [0.25, 0.3) is 11.5 Å². The Balaban J connectivity index is 1.59. The first-order valence-corrected chi connectivity index (χ1v) is 11.4. The van der Waals surface area contributed by atoms with Gasteiger partial charge in [-0.15, -0.1) is 0 Å². The zero-order valence-electron chi connectivity index (χ0n) is 19.2. The number of rotatable bonds is 5. The number of anilines is 2. The zero-order valence-corrected chi connectivity index (χ0v) is 19.2. The van der Waals surface area contributed by atoms with E-state index in [2.05, 4.69) is 10.2 Å². The van der Waals surface area contributed by atoms with E-state index in [1.54, 1.807) is 42.0 Å². The lowest BCUT2D eigenvalue weighted by Gasteiger charge is -2.22. The molecule has 34 heavy (non-hydrogen) atoms. The quantitative estimate of drug-likeness (QED) is 0.479. The van der Waals surface area contributed by atoms with Crippen LogP contribution in [-0.4, -0.2) is 35.7 Å². The summed E-state index contributed by atoms with van der Waals surface area (Å²) in [5, 5.41) is 3.36. The predicted octanol–water partition coefficient (Wildman–Crippen LogP) is 4.56. The topological polar surface area (TPSA) is 76.5 Å². The van der Waals surface area contributed by atoms with Crippen LogP contribution in [0.2, 0.25) is 0 Å². The molecule has 1 saturated heterocycles. The summed E-state index contributed by atoms with van der Waals surface area (Å²) in [6.07, 6.45) is 2.12. The van der Waals surface area contributed by atoms with Gasteiger partial charge in [0, 0.05) is 30.4 Å². The molecule has 0 spiro atoms. The minimum Gasteiger partial charge on any atom is -0.497 e. The van der Waals surface area contributed by atoms with Gasteiger partial charge in [0.15, 0.2) is 0 Å². The van der Waals surface area contributed by atoms with E-state index >= 15 is 0 Å². The lowest BCUT2D eigenvalue weighted by molar-refractivity contribution is 0.102. The van der Waals surface area contributed by atoms with E-state index in [0.717, 1.165) is 37.2 Å². The van der Waals surface area contributed by atoms with Crippen LogP contribution in [-0.2, 0) is 0 Å². The second kappa shape index (κ2) is 9.02. The number of nitrogens with zero attached hydrogens (tertiary/aromatic N) is 3. The van der Waals surface area contributed by atoms with Crippen LogP contribution < -0.4 is 20.5 Å². The Bertz CT molecular complexity index is 1440. The van der Waals surface area contributed by atoms with Gasteiger partial charge in [-0.2, -0.15) is 0 Å². The highest BCUT2D eigenvalue weighted by atomic mass is 16.5. The highest BCUT2D eigenvalue weighted by Gasteiger charge is 2.22. The molecular weight excluding hydrogens is 428 g/mol. The number of amides is 1. The minimum atomic E-state index is -0.275. The molecule has 172 valence electrons. The Morgan fingerprint density at radius 2 is 1.79 bits per heavy atom. The van der Waals surface area contributed by atoms with Crippen molar-refractivity contribution >= 4 is 28.4 Å². The molecule has 1 aromatic heterocycles. The summed E-state index contributed by atoms with van der Waals surface area (Å²) in [5.41, 5.74) is 3.29. The Hall–Kier alpha value is -4.13. The van der Waals surface area contributed by atoms with Crippen LogP contribution in [0.5, 0.6) is 5.75 Å². The molecular formula is C27H26N4O3. The Morgan fingerprint density at radius 3 is 2.56 bits per heavy atom.